The summed E-state index contributed by atoms with van der Waals surface area (Å²) < 4.78 is 37.4. The summed E-state index contributed by atoms with van der Waals surface area (Å²) in [7, 11) is 0. The highest BCUT2D eigenvalue weighted by atomic mass is 35.5. The van der Waals surface area contributed by atoms with Gasteiger partial charge in [-0.15, -0.1) is 0 Å². The van der Waals surface area contributed by atoms with Crippen molar-refractivity contribution in [3.63, 3.8) is 0 Å². The van der Waals surface area contributed by atoms with Gasteiger partial charge in [-0.1, -0.05) is 11.6 Å². The van der Waals surface area contributed by atoms with Crippen LogP contribution in [0.2, 0.25) is 5.02 Å². The Hall–Kier alpha value is -1.07. The normalized spacial score (nSPS) is 11.6. The molecule has 1 aromatic carbocycles. The maximum atomic E-state index is 12.5. The molecule has 0 saturated heterocycles. The largest absolute Gasteiger partial charge is 0.416 e. The van der Waals surface area contributed by atoms with Crippen LogP contribution in [0.3, 0.4) is 0 Å². The van der Waals surface area contributed by atoms with E-state index in [1.165, 1.54) is 0 Å². The van der Waals surface area contributed by atoms with E-state index in [0.29, 0.717) is 12.8 Å². The van der Waals surface area contributed by atoms with Crippen LogP contribution in [-0.4, -0.2) is 17.5 Å². The summed E-state index contributed by atoms with van der Waals surface area (Å²) in [6.45, 7) is -0.0520. The van der Waals surface area contributed by atoms with Gasteiger partial charge in [-0.3, -0.25) is 4.79 Å². The number of aliphatic hydroxyl groups is 1. The predicted octanol–water partition coefficient (Wildman–Crippen LogP) is 3.70. The zero-order valence-electron chi connectivity index (χ0n) is 9.43. The molecule has 2 nitrogen and oxygen atoms in total. The maximum Gasteiger partial charge on any atom is 0.416 e. The van der Waals surface area contributed by atoms with Crippen molar-refractivity contribution < 1.29 is 23.1 Å². The van der Waals surface area contributed by atoms with Crippen LogP contribution in [0.5, 0.6) is 0 Å². The number of aliphatic hydroxyl groups excluding tert-OH is 1. The second-order valence-corrected chi connectivity index (χ2v) is 4.20. The van der Waals surface area contributed by atoms with Crippen LogP contribution in [0.4, 0.5) is 13.2 Å². The first-order chi connectivity index (χ1) is 8.36. The Bertz CT molecular complexity index is 430. The number of hydrogen-bond donors (Lipinski definition) is 1. The fourth-order valence-corrected chi connectivity index (χ4v) is 1.67. The lowest BCUT2D eigenvalue weighted by Crippen LogP contribution is -2.08. The quantitative estimate of drug-likeness (QED) is 0.659. The van der Waals surface area contributed by atoms with Gasteiger partial charge in [0.15, 0.2) is 5.78 Å². The standard InChI is InChI=1S/C12H12ClF3O2/c13-10-5-4-8(12(14,15)16)7-9(10)11(18)3-1-2-6-17/h4-5,7,17H,1-3,6H2. The van der Waals surface area contributed by atoms with E-state index in [4.69, 9.17) is 16.7 Å². The first kappa shape index (κ1) is 15.0. The molecule has 0 aliphatic heterocycles. The third kappa shape index (κ3) is 3.99. The van der Waals surface area contributed by atoms with Crippen molar-refractivity contribution in [1.29, 1.82) is 0 Å². The number of carbonyl (C=O) groups excluding carboxylic acids is 1. The Labute approximate surface area is 107 Å². The molecule has 0 fully saturated rings. The van der Waals surface area contributed by atoms with Crippen LogP contribution in [0, 0.1) is 0 Å². The maximum absolute atomic E-state index is 12.5. The molecule has 18 heavy (non-hydrogen) atoms. The van der Waals surface area contributed by atoms with E-state index in [1.807, 2.05) is 0 Å². The molecular formula is C12H12ClF3O2. The van der Waals surface area contributed by atoms with Crippen LogP contribution in [0.15, 0.2) is 18.2 Å². The lowest BCUT2D eigenvalue weighted by molar-refractivity contribution is -0.137. The van der Waals surface area contributed by atoms with Crippen molar-refractivity contribution >= 4 is 17.4 Å². The second kappa shape index (κ2) is 6.20. The van der Waals surface area contributed by atoms with Gasteiger partial charge < -0.3 is 5.11 Å². The van der Waals surface area contributed by atoms with Crippen LogP contribution in [0.1, 0.15) is 35.2 Å². The SMILES string of the molecule is O=C(CCCCO)c1cc(C(F)(F)F)ccc1Cl. The van der Waals surface area contributed by atoms with Crippen LogP contribution in [-0.2, 0) is 6.18 Å². The summed E-state index contributed by atoms with van der Waals surface area (Å²) in [5, 5.41) is 8.58. The van der Waals surface area contributed by atoms with Crippen molar-refractivity contribution in [3.8, 4) is 0 Å². The summed E-state index contributed by atoms with van der Waals surface area (Å²) in [5.74, 6) is -0.445. The predicted molar refractivity (Wildman–Crippen MR) is 61.7 cm³/mol. The third-order valence-corrected chi connectivity index (χ3v) is 2.74. The van der Waals surface area contributed by atoms with Gasteiger partial charge in [-0.25, -0.2) is 0 Å². The summed E-state index contributed by atoms with van der Waals surface area (Å²) >= 11 is 5.72. The molecule has 0 amide bonds. The van der Waals surface area contributed by atoms with Crippen molar-refractivity contribution in [2.75, 3.05) is 6.61 Å². The second-order valence-electron chi connectivity index (χ2n) is 3.80. The summed E-state index contributed by atoms with van der Waals surface area (Å²) in [5.41, 5.74) is -1.01. The number of benzene rings is 1. The van der Waals surface area contributed by atoms with Crippen LogP contribution < -0.4 is 0 Å². The highest BCUT2D eigenvalue weighted by molar-refractivity contribution is 6.34. The van der Waals surface area contributed by atoms with Crippen molar-refractivity contribution in [1.82, 2.24) is 0 Å². The lowest BCUT2D eigenvalue weighted by atomic mass is 10.0. The number of ketones is 1. The number of rotatable bonds is 5. The molecule has 0 saturated carbocycles. The Morgan fingerprint density at radius 2 is 1.94 bits per heavy atom. The third-order valence-electron chi connectivity index (χ3n) is 2.41. The zero-order valence-corrected chi connectivity index (χ0v) is 10.2. The van der Waals surface area contributed by atoms with Gasteiger partial charge in [0, 0.05) is 18.6 Å². The van der Waals surface area contributed by atoms with E-state index >= 15 is 0 Å². The molecule has 0 aliphatic carbocycles. The Morgan fingerprint density at radius 1 is 1.28 bits per heavy atom. The lowest BCUT2D eigenvalue weighted by Gasteiger charge is -2.09. The van der Waals surface area contributed by atoms with Gasteiger partial charge in [0.05, 0.1) is 10.6 Å². The van der Waals surface area contributed by atoms with Gasteiger partial charge >= 0.3 is 6.18 Å². The van der Waals surface area contributed by atoms with Crippen molar-refractivity contribution in [2.24, 2.45) is 0 Å². The number of halogens is 4. The minimum absolute atomic E-state index is 0.0111. The molecule has 0 spiro atoms. The summed E-state index contributed by atoms with van der Waals surface area (Å²) in [6, 6.07) is 2.68. The van der Waals surface area contributed by atoms with Crippen LogP contribution in [0.25, 0.3) is 0 Å². The molecule has 0 aliphatic rings. The molecule has 1 N–H and O–H groups in total. The van der Waals surface area contributed by atoms with Gasteiger partial charge in [0.2, 0.25) is 0 Å². The fraction of sp³-hybridized carbons (Fsp3) is 0.417. The molecule has 0 bridgehead atoms. The molecule has 0 atom stereocenters. The molecule has 1 rings (SSSR count). The number of hydrogen-bond acceptors (Lipinski definition) is 2. The van der Waals surface area contributed by atoms with E-state index < -0.39 is 17.5 Å². The zero-order chi connectivity index (χ0) is 13.8. The highest BCUT2D eigenvalue weighted by Crippen LogP contribution is 2.32. The number of Topliss-reactive ketones (excluding diaryl/α,β-unsaturated/α-hetero) is 1. The van der Waals surface area contributed by atoms with Crippen molar-refractivity contribution in [3.05, 3.63) is 34.3 Å². The average molecular weight is 281 g/mol. The van der Waals surface area contributed by atoms with E-state index in [9.17, 15) is 18.0 Å². The minimum Gasteiger partial charge on any atom is -0.396 e. The Morgan fingerprint density at radius 3 is 2.50 bits per heavy atom. The minimum atomic E-state index is -4.50. The fourth-order valence-electron chi connectivity index (χ4n) is 1.45. The average Bonchev–Trinajstić information content (AvgIpc) is 2.28. The van der Waals surface area contributed by atoms with Crippen LogP contribution >= 0.6 is 11.6 Å². The van der Waals surface area contributed by atoms with E-state index in [2.05, 4.69) is 0 Å². The van der Waals surface area contributed by atoms with Gasteiger partial charge in [-0.05, 0) is 31.0 Å². The molecule has 0 radical (unpaired) electrons. The molecule has 0 aromatic heterocycles. The smallest absolute Gasteiger partial charge is 0.396 e. The molecule has 100 valence electrons. The summed E-state index contributed by atoms with van der Waals surface area (Å²) in [6.07, 6.45) is -3.57. The molecule has 6 heteroatoms. The molecule has 0 heterocycles. The van der Waals surface area contributed by atoms with Gasteiger partial charge in [-0.2, -0.15) is 13.2 Å². The number of carbonyl (C=O) groups is 1. The Balaban J connectivity index is 2.90. The van der Waals surface area contributed by atoms with Crippen molar-refractivity contribution in [2.45, 2.75) is 25.4 Å². The van der Waals surface area contributed by atoms with E-state index in [1.54, 1.807) is 0 Å². The molecule has 0 unspecified atom stereocenters. The first-order valence-electron chi connectivity index (χ1n) is 5.37. The first-order valence-corrected chi connectivity index (χ1v) is 5.75. The van der Waals surface area contributed by atoms with Gasteiger partial charge in [0.1, 0.15) is 0 Å². The summed E-state index contributed by atoms with van der Waals surface area (Å²) in [4.78, 5) is 11.7. The molecule has 1 aromatic rings. The topological polar surface area (TPSA) is 37.3 Å². The monoisotopic (exact) mass is 280 g/mol. The van der Waals surface area contributed by atoms with E-state index in [0.717, 1.165) is 18.2 Å². The number of alkyl halides is 3. The Kier molecular flexibility index (Phi) is 5.16. The number of unbranched alkanes of at least 4 members (excludes halogenated alkanes) is 1. The van der Waals surface area contributed by atoms with E-state index in [-0.39, 0.29) is 23.6 Å². The van der Waals surface area contributed by atoms with Gasteiger partial charge in [0.25, 0.3) is 0 Å². The molecular weight excluding hydrogens is 269 g/mol. The highest BCUT2D eigenvalue weighted by Gasteiger charge is 2.31.